The maximum Gasteiger partial charge on any atom is 0.199 e. The van der Waals surface area contributed by atoms with Crippen molar-refractivity contribution in [1.82, 2.24) is 9.55 Å². The van der Waals surface area contributed by atoms with Crippen LogP contribution in [-0.2, 0) is 6.54 Å². The van der Waals surface area contributed by atoms with Crippen molar-refractivity contribution in [2.75, 3.05) is 0 Å². The van der Waals surface area contributed by atoms with Crippen molar-refractivity contribution in [2.45, 2.75) is 38.8 Å². The van der Waals surface area contributed by atoms with Gasteiger partial charge in [-0.05, 0) is 25.7 Å². The van der Waals surface area contributed by atoms with Crippen molar-refractivity contribution < 1.29 is 4.79 Å². The standard InChI is InChI=1S/C11H17N3O/c1-2-14-6-5-13-11(14)10(15)7-9(12)8-3-4-8/h5-6,8-9H,2-4,7,12H2,1H3. The van der Waals surface area contributed by atoms with E-state index in [1.165, 1.54) is 12.8 Å². The molecule has 1 aliphatic rings. The molecule has 0 radical (unpaired) electrons. The van der Waals surface area contributed by atoms with Gasteiger partial charge in [-0.1, -0.05) is 0 Å². The molecule has 1 saturated carbocycles. The van der Waals surface area contributed by atoms with Crippen LogP contribution in [0, 0.1) is 5.92 Å². The van der Waals surface area contributed by atoms with Crippen molar-refractivity contribution in [2.24, 2.45) is 11.7 Å². The fourth-order valence-corrected chi connectivity index (χ4v) is 1.81. The predicted octanol–water partition coefficient (Wildman–Crippen LogP) is 1.21. The number of imidazole rings is 1. The molecule has 0 bridgehead atoms. The lowest BCUT2D eigenvalue weighted by Crippen LogP contribution is -2.27. The van der Waals surface area contributed by atoms with Crippen LogP contribution in [0.4, 0.5) is 0 Å². The average Bonchev–Trinajstić information content (AvgIpc) is 2.96. The van der Waals surface area contributed by atoms with Gasteiger partial charge in [-0.2, -0.15) is 0 Å². The summed E-state index contributed by atoms with van der Waals surface area (Å²) in [6.45, 7) is 2.78. The first-order chi connectivity index (χ1) is 7.22. The summed E-state index contributed by atoms with van der Waals surface area (Å²) in [6, 6.07) is 0.0273. The Morgan fingerprint density at radius 1 is 1.73 bits per heavy atom. The monoisotopic (exact) mass is 207 g/mol. The van der Waals surface area contributed by atoms with Gasteiger partial charge in [0.25, 0.3) is 0 Å². The molecule has 4 heteroatoms. The molecule has 1 atom stereocenters. The van der Waals surface area contributed by atoms with E-state index in [1.807, 2.05) is 17.7 Å². The minimum atomic E-state index is 0.0273. The number of aromatic nitrogens is 2. The fourth-order valence-electron chi connectivity index (χ4n) is 1.81. The highest BCUT2D eigenvalue weighted by Gasteiger charge is 2.30. The van der Waals surface area contributed by atoms with Gasteiger partial charge in [0.1, 0.15) is 0 Å². The molecule has 0 aromatic carbocycles. The molecule has 0 amide bonds. The topological polar surface area (TPSA) is 60.9 Å². The second kappa shape index (κ2) is 4.14. The van der Waals surface area contributed by atoms with Crippen LogP contribution in [0.5, 0.6) is 0 Å². The van der Waals surface area contributed by atoms with E-state index >= 15 is 0 Å². The van der Waals surface area contributed by atoms with E-state index in [2.05, 4.69) is 4.98 Å². The predicted molar refractivity (Wildman–Crippen MR) is 57.5 cm³/mol. The molecular formula is C11H17N3O. The van der Waals surface area contributed by atoms with E-state index in [9.17, 15) is 4.79 Å². The number of nitrogens with zero attached hydrogens (tertiary/aromatic N) is 2. The Hall–Kier alpha value is -1.16. The maximum absolute atomic E-state index is 11.9. The number of Topliss-reactive ketones (excluding diaryl/α,β-unsaturated/α-hetero) is 1. The van der Waals surface area contributed by atoms with Crippen molar-refractivity contribution in [3.05, 3.63) is 18.2 Å². The molecule has 1 heterocycles. The van der Waals surface area contributed by atoms with Crippen LogP contribution >= 0.6 is 0 Å². The van der Waals surface area contributed by atoms with Crippen LogP contribution in [0.1, 0.15) is 36.8 Å². The fraction of sp³-hybridized carbons (Fsp3) is 0.636. The summed E-state index contributed by atoms with van der Waals surface area (Å²) in [5.41, 5.74) is 5.92. The number of nitrogens with two attached hydrogens (primary N) is 1. The van der Waals surface area contributed by atoms with Gasteiger partial charge in [0.15, 0.2) is 11.6 Å². The number of hydrogen-bond acceptors (Lipinski definition) is 3. The van der Waals surface area contributed by atoms with Crippen molar-refractivity contribution in [3.63, 3.8) is 0 Å². The summed E-state index contributed by atoms with van der Waals surface area (Å²) in [6.07, 6.45) is 6.28. The second-order valence-electron chi connectivity index (χ2n) is 4.17. The molecule has 2 rings (SSSR count). The summed E-state index contributed by atoms with van der Waals surface area (Å²) in [4.78, 5) is 15.9. The highest BCUT2D eigenvalue weighted by Crippen LogP contribution is 2.33. The Kier molecular flexibility index (Phi) is 2.86. The molecule has 82 valence electrons. The number of carbonyl (C=O) groups excluding carboxylic acids is 1. The Morgan fingerprint density at radius 2 is 2.47 bits per heavy atom. The highest BCUT2D eigenvalue weighted by atomic mass is 16.1. The van der Waals surface area contributed by atoms with Crippen molar-refractivity contribution in [3.8, 4) is 0 Å². The minimum Gasteiger partial charge on any atom is -0.329 e. The average molecular weight is 207 g/mol. The molecule has 1 fully saturated rings. The number of hydrogen-bond donors (Lipinski definition) is 1. The first kappa shape index (κ1) is 10.4. The van der Waals surface area contributed by atoms with Crippen LogP contribution in [0.3, 0.4) is 0 Å². The SMILES string of the molecule is CCn1ccnc1C(=O)CC(N)C1CC1. The summed E-state index contributed by atoms with van der Waals surface area (Å²) in [5.74, 6) is 1.19. The smallest absolute Gasteiger partial charge is 0.199 e. The molecule has 4 nitrogen and oxygen atoms in total. The zero-order valence-electron chi connectivity index (χ0n) is 9.02. The lowest BCUT2D eigenvalue weighted by molar-refractivity contribution is 0.0957. The third-order valence-electron chi connectivity index (χ3n) is 2.95. The van der Waals surface area contributed by atoms with Gasteiger partial charge in [-0.3, -0.25) is 4.79 Å². The van der Waals surface area contributed by atoms with Crippen LogP contribution in [-0.4, -0.2) is 21.4 Å². The Balaban J connectivity index is 2.00. The molecule has 1 unspecified atom stereocenters. The van der Waals surface area contributed by atoms with E-state index < -0.39 is 0 Å². The van der Waals surface area contributed by atoms with E-state index in [0.29, 0.717) is 18.2 Å². The quantitative estimate of drug-likeness (QED) is 0.738. The van der Waals surface area contributed by atoms with Crippen LogP contribution in [0.15, 0.2) is 12.4 Å². The van der Waals surface area contributed by atoms with Crippen molar-refractivity contribution >= 4 is 5.78 Å². The van der Waals surface area contributed by atoms with E-state index in [-0.39, 0.29) is 11.8 Å². The second-order valence-corrected chi connectivity index (χ2v) is 4.17. The van der Waals surface area contributed by atoms with Crippen LogP contribution in [0.2, 0.25) is 0 Å². The number of aryl methyl sites for hydroxylation is 1. The molecule has 1 aromatic heterocycles. The first-order valence-electron chi connectivity index (χ1n) is 5.52. The summed E-state index contributed by atoms with van der Waals surface area (Å²) in [7, 11) is 0. The van der Waals surface area contributed by atoms with Gasteiger partial charge in [-0.15, -0.1) is 0 Å². The zero-order chi connectivity index (χ0) is 10.8. The highest BCUT2D eigenvalue weighted by molar-refractivity contribution is 5.93. The lowest BCUT2D eigenvalue weighted by atomic mass is 10.1. The Morgan fingerprint density at radius 3 is 3.07 bits per heavy atom. The number of ketones is 1. The van der Waals surface area contributed by atoms with Crippen molar-refractivity contribution in [1.29, 1.82) is 0 Å². The number of carbonyl (C=O) groups is 1. The molecule has 0 spiro atoms. The van der Waals surface area contributed by atoms with Crippen LogP contribution in [0.25, 0.3) is 0 Å². The Bertz CT molecular complexity index is 354. The van der Waals surface area contributed by atoms with E-state index in [0.717, 1.165) is 6.54 Å². The van der Waals surface area contributed by atoms with Gasteiger partial charge in [0, 0.05) is 31.4 Å². The Labute approximate surface area is 89.5 Å². The summed E-state index contributed by atoms with van der Waals surface area (Å²) < 4.78 is 1.86. The molecule has 1 aliphatic carbocycles. The first-order valence-corrected chi connectivity index (χ1v) is 5.52. The summed E-state index contributed by atoms with van der Waals surface area (Å²) >= 11 is 0. The molecule has 0 aliphatic heterocycles. The number of rotatable bonds is 5. The van der Waals surface area contributed by atoms with E-state index in [4.69, 9.17) is 5.73 Å². The molecular weight excluding hydrogens is 190 g/mol. The third-order valence-corrected chi connectivity index (χ3v) is 2.95. The third kappa shape index (κ3) is 2.26. The van der Waals surface area contributed by atoms with Gasteiger partial charge in [0.2, 0.25) is 0 Å². The van der Waals surface area contributed by atoms with Gasteiger partial charge < -0.3 is 10.3 Å². The zero-order valence-corrected chi connectivity index (χ0v) is 9.02. The van der Waals surface area contributed by atoms with E-state index in [1.54, 1.807) is 6.20 Å². The summed E-state index contributed by atoms with van der Waals surface area (Å²) in [5, 5.41) is 0. The minimum absolute atomic E-state index is 0.0273. The largest absolute Gasteiger partial charge is 0.329 e. The van der Waals surface area contributed by atoms with Gasteiger partial charge >= 0.3 is 0 Å². The lowest BCUT2D eigenvalue weighted by Gasteiger charge is -2.09. The molecule has 15 heavy (non-hydrogen) atoms. The van der Waals surface area contributed by atoms with Gasteiger partial charge in [-0.25, -0.2) is 4.98 Å². The molecule has 2 N–H and O–H groups in total. The molecule has 0 saturated heterocycles. The van der Waals surface area contributed by atoms with Crippen LogP contribution < -0.4 is 5.73 Å². The molecule has 1 aromatic rings. The normalized spacial score (nSPS) is 17.7. The van der Waals surface area contributed by atoms with Gasteiger partial charge in [0.05, 0.1) is 0 Å². The maximum atomic E-state index is 11.9.